The Morgan fingerprint density at radius 2 is 1.32 bits per heavy atom. The lowest BCUT2D eigenvalue weighted by Crippen LogP contribution is -2.23. The molecular formula is C32H28O5. The molecule has 4 aromatic rings. The van der Waals surface area contributed by atoms with Gasteiger partial charge in [0.1, 0.15) is 23.2 Å². The number of carbonyl (C=O) groups excluding carboxylic acids is 1. The Bertz CT molecular complexity index is 1460. The molecule has 0 aliphatic carbocycles. The van der Waals surface area contributed by atoms with Crippen molar-refractivity contribution in [3.05, 3.63) is 112 Å². The minimum atomic E-state index is -0.618. The van der Waals surface area contributed by atoms with Crippen LogP contribution < -0.4 is 18.9 Å². The molecule has 1 aliphatic heterocycles. The SMILES string of the molecule is COc1ccc(/C=C/c2cc(C)c(C)c(OC)c2)cc1OC(=O)C1c2ccccc2Oc2ccccc21. The normalized spacial score (nSPS) is 12.4. The summed E-state index contributed by atoms with van der Waals surface area (Å²) < 4.78 is 23.0. The van der Waals surface area contributed by atoms with Gasteiger partial charge in [0.05, 0.1) is 14.2 Å². The first kappa shape index (κ1) is 24.2. The van der Waals surface area contributed by atoms with Gasteiger partial charge in [-0.2, -0.15) is 0 Å². The summed E-state index contributed by atoms with van der Waals surface area (Å²) in [6.45, 7) is 4.10. The van der Waals surface area contributed by atoms with E-state index in [2.05, 4.69) is 13.0 Å². The lowest BCUT2D eigenvalue weighted by Gasteiger charge is -2.26. The Balaban J connectivity index is 1.46. The van der Waals surface area contributed by atoms with E-state index in [1.165, 1.54) is 0 Å². The number of methoxy groups -OCH3 is 2. The Morgan fingerprint density at radius 3 is 1.97 bits per heavy atom. The highest BCUT2D eigenvalue weighted by Gasteiger charge is 2.34. The number of hydrogen-bond donors (Lipinski definition) is 0. The fraction of sp³-hybridized carbons (Fsp3) is 0.156. The van der Waals surface area contributed by atoms with Crippen LogP contribution >= 0.6 is 0 Å². The molecule has 0 fully saturated rings. The molecule has 5 rings (SSSR count). The number of ether oxygens (including phenoxy) is 4. The second-order valence-corrected chi connectivity index (χ2v) is 8.94. The van der Waals surface area contributed by atoms with Crippen LogP contribution in [0.3, 0.4) is 0 Å². The van der Waals surface area contributed by atoms with E-state index >= 15 is 0 Å². The molecule has 5 nitrogen and oxygen atoms in total. The maximum Gasteiger partial charge on any atom is 0.323 e. The van der Waals surface area contributed by atoms with E-state index < -0.39 is 11.9 Å². The molecule has 0 aromatic heterocycles. The third-order valence-corrected chi connectivity index (χ3v) is 6.64. The largest absolute Gasteiger partial charge is 0.496 e. The van der Waals surface area contributed by atoms with Crippen molar-refractivity contribution >= 4 is 18.1 Å². The third-order valence-electron chi connectivity index (χ3n) is 6.64. The van der Waals surface area contributed by atoms with E-state index in [-0.39, 0.29) is 0 Å². The summed E-state index contributed by atoms with van der Waals surface area (Å²) in [5.74, 6) is 1.96. The summed E-state index contributed by atoms with van der Waals surface area (Å²) >= 11 is 0. The third kappa shape index (κ3) is 4.81. The van der Waals surface area contributed by atoms with Crippen LogP contribution in [0.2, 0.25) is 0 Å². The molecule has 186 valence electrons. The lowest BCUT2D eigenvalue weighted by atomic mass is 9.88. The number of benzene rings is 4. The van der Waals surface area contributed by atoms with Gasteiger partial charge in [-0.3, -0.25) is 4.79 Å². The molecule has 0 saturated heterocycles. The van der Waals surface area contributed by atoms with Crippen LogP contribution in [0.15, 0.2) is 78.9 Å². The predicted octanol–water partition coefficient (Wildman–Crippen LogP) is 7.33. The van der Waals surface area contributed by atoms with Gasteiger partial charge >= 0.3 is 5.97 Å². The molecule has 37 heavy (non-hydrogen) atoms. The van der Waals surface area contributed by atoms with Crippen LogP contribution in [-0.2, 0) is 4.79 Å². The van der Waals surface area contributed by atoms with Crippen LogP contribution in [0.4, 0.5) is 0 Å². The average Bonchev–Trinajstić information content (AvgIpc) is 2.92. The maximum absolute atomic E-state index is 13.6. The zero-order valence-corrected chi connectivity index (χ0v) is 21.3. The van der Waals surface area contributed by atoms with Gasteiger partial charge in [0.15, 0.2) is 11.5 Å². The Morgan fingerprint density at radius 1 is 0.730 bits per heavy atom. The van der Waals surface area contributed by atoms with Crippen molar-refractivity contribution in [2.45, 2.75) is 19.8 Å². The molecule has 0 unspecified atom stereocenters. The number of rotatable bonds is 6. The Hall–Kier alpha value is -4.51. The van der Waals surface area contributed by atoms with Crippen LogP contribution in [0, 0.1) is 13.8 Å². The van der Waals surface area contributed by atoms with E-state index in [9.17, 15) is 4.79 Å². The molecule has 0 spiro atoms. The molecule has 4 aromatic carbocycles. The van der Waals surface area contributed by atoms with E-state index in [0.29, 0.717) is 23.0 Å². The van der Waals surface area contributed by atoms with Crippen molar-refractivity contribution in [3.63, 3.8) is 0 Å². The van der Waals surface area contributed by atoms with E-state index in [0.717, 1.165) is 39.1 Å². The smallest absolute Gasteiger partial charge is 0.323 e. The second-order valence-electron chi connectivity index (χ2n) is 8.94. The van der Waals surface area contributed by atoms with Gasteiger partial charge in [-0.1, -0.05) is 60.7 Å². The minimum Gasteiger partial charge on any atom is -0.496 e. The topological polar surface area (TPSA) is 54.0 Å². The molecule has 0 bridgehead atoms. The van der Waals surface area contributed by atoms with Crippen molar-refractivity contribution in [2.75, 3.05) is 14.2 Å². The van der Waals surface area contributed by atoms with Gasteiger partial charge in [-0.25, -0.2) is 0 Å². The van der Waals surface area contributed by atoms with Crippen molar-refractivity contribution < 1.29 is 23.7 Å². The monoisotopic (exact) mass is 492 g/mol. The van der Waals surface area contributed by atoms with E-state index in [1.54, 1.807) is 20.3 Å². The summed E-state index contributed by atoms with van der Waals surface area (Å²) in [5, 5.41) is 0. The fourth-order valence-corrected chi connectivity index (χ4v) is 4.56. The summed E-state index contributed by atoms with van der Waals surface area (Å²) in [4.78, 5) is 13.6. The molecule has 0 N–H and O–H groups in total. The Labute approximate surface area is 216 Å². The summed E-state index contributed by atoms with van der Waals surface area (Å²) in [7, 11) is 3.23. The highest BCUT2D eigenvalue weighted by Crippen LogP contribution is 2.45. The molecule has 5 heteroatoms. The number of carbonyl (C=O) groups is 1. The zero-order chi connectivity index (χ0) is 25.9. The molecule has 0 atom stereocenters. The van der Waals surface area contributed by atoms with Crippen LogP contribution in [0.1, 0.15) is 39.3 Å². The summed E-state index contributed by atoms with van der Waals surface area (Å²) in [6.07, 6.45) is 3.98. The number of aryl methyl sites for hydroxylation is 1. The van der Waals surface area contributed by atoms with Gasteiger partial charge in [-0.15, -0.1) is 0 Å². The van der Waals surface area contributed by atoms with Crippen LogP contribution in [0.5, 0.6) is 28.7 Å². The van der Waals surface area contributed by atoms with Gasteiger partial charge in [0, 0.05) is 11.1 Å². The van der Waals surface area contributed by atoms with Crippen molar-refractivity contribution in [1.29, 1.82) is 0 Å². The number of fused-ring (bicyclic) bond motifs is 2. The summed E-state index contributed by atoms with van der Waals surface area (Å²) in [6, 6.07) is 24.7. The van der Waals surface area contributed by atoms with Crippen molar-refractivity contribution in [1.82, 2.24) is 0 Å². The quantitative estimate of drug-likeness (QED) is 0.160. The van der Waals surface area contributed by atoms with Crippen LogP contribution in [-0.4, -0.2) is 20.2 Å². The molecule has 0 radical (unpaired) electrons. The number of hydrogen-bond acceptors (Lipinski definition) is 5. The highest BCUT2D eigenvalue weighted by atomic mass is 16.6. The van der Waals surface area contributed by atoms with E-state index in [4.69, 9.17) is 18.9 Å². The second kappa shape index (κ2) is 10.2. The highest BCUT2D eigenvalue weighted by molar-refractivity contribution is 5.87. The zero-order valence-electron chi connectivity index (χ0n) is 21.3. The Kier molecular flexibility index (Phi) is 6.69. The number of esters is 1. The molecular weight excluding hydrogens is 464 g/mol. The molecule has 0 saturated carbocycles. The van der Waals surface area contributed by atoms with E-state index in [1.807, 2.05) is 85.8 Å². The first-order valence-electron chi connectivity index (χ1n) is 12.1. The standard InChI is InChI=1S/C32H28O5/c1-20-17-23(19-29(35-4)21(20)2)14-13-22-15-16-28(34-3)30(18-22)37-32(33)31-24-9-5-7-11-26(24)36-27-12-8-6-10-25(27)31/h5-19,31H,1-4H3/b14-13+. The van der Waals surface area contributed by atoms with Gasteiger partial charge in [0.2, 0.25) is 0 Å². The van der Waals surface area contributed by atoms with Crippen molar-refractivity contribution in [2.24, 2.45) is 0 Å². The van der Waals surface area contributed by atoms with Gasteiger partial charge in [0.25, 0.3) is 0 Å². The van der Waals surface area contributed by atoms with Crippen LogP contribution in [0.25, 0.3) is 12.2 Å². The van der Waals surface area contributed by atoms with Crippen molar-refractivity contribution in [3.8, 4) is 28.7 Å². The minimum absolute atomic E-state index is 0.355. The van der Waals surface area contributed by atoms with Gasteiger partial charge < -0.3 is 18.9 Å². The predicted molar refractivity (Wildman–Crippen MR) is 145 cm³/mol. The fourth-order valence-electron chi connectivity index (χ4n) is 4.56. The number of para-hydroxylation sites is 2. The molecule has 1 aliphatic rings. The molecule has 1 heterocycles. The lowest BCUT2D eigenvalue weighted by molar-refractivity contribution is -0.135. The average molecular weight is 493 g/mol. The van der Waals surface area contributed by atoms with Gasteiger partial charge in [-0.05, 0) is 66.4 Å². The summed E-state index contributed by atoms with van der Waals surface area (Å²) in [5.41, 5.74) is 5.70. The first-order chi connectivity index (χ1) is 18.0. The molecule has 0 amide bonds. The first-order valence-corrected chi connectivity index (χ1v) is 12.1. The maximum atomic E-state index is 13.6.